The van der Waals surface area contributed by atoms with Gasteiger partial charge in [-0.2, -0.15) is 10.2 Å². The maximum atomic E-state index is 12.4. The first kappa shape index (κ1) is 19.6. The van der Waals surface area contributed by atoms with Crippen molar-refractivity contribution in [2.45, 2.75) is 6.92 Å². The SMILES string of the molecule is CCOc1ccc(C(=O)N/N=C\c2cn(-c3ccccc3)nc2-c2cccs2)cc1. The van der Waals surface area contributed by atoms with E-state index < -0.39 is 0 Å². The summed E-state index contributed by atoms with van der Waals surface area (Å²) in [5.74, 6) is 0.439. The largest absolute Gasteiger partial charge is 0.494 e. The van der Waals surface area contributed by atoms with Crippen LogP contribution in [0.3, 0.4) is 0 Å². The number of para-hydroxylation sites is 1. The average molecular weight is 417 g/mol. The number of ether oxygens (including phenoxy) is 1. The highest BCUT2D eigenvalue weighted by molar-refractivity contribution is 7.13. The topological polar surface area (TPSA) is 68.5 Å². The average Bonchev–Trinajstić information content (AvgIpc) is 3.45. The zero-order valence-corrected chi connectivity index (χ0v) is 17.2. The number of nitrogens with one attached hydrogen (secondary N) is 1. The molecule has 0 saturated heterocycles. The second kappa shape index (κ2) is 9.19. The van der Waals surface area contributed by atoms with Crippen LogP contribution in [-0.2, 0) is 0 Å². The number of carbonyl (C=O) groups excluding carboxylic acids is 1. The monoisotopic (exact) mass is 416 g/mol. The van der Waals surface area contributed by atoms with Gasteiger partial charge in [-0.05, 0) is 54.8 Å². The lowest BCUT2D eigenvalue weighted by molar-refractivity contribution is 0.0955. The quantitative estimate of drug-likeness (QED) is 0.349. The van der Waals surface area contributed by atoms with Crippen molar-refractivity contribution in [3.05, 3.63) is 89.4 Å². The van der Waals surface area contributed by atoms with Crippen molar-refractivity contribution in [1.82, 2.24) is 15.2 Å². The van der Waals surface area contributed by atoms with Crippen molar-refractivity contribution in [2.24, 2.45) is 5.10 Å². The van der Waals surface area contributed by atoms with Gasteiger partial charge in [0.2, 0.25) is 0 Å². The predicted octanol–water partition coefficient (Wildman–Crippen LogP) is 4.76. The molecule has 2 aromatic carbocycles. The molecule has 0 aliphatic rings. The molecule has 1 N–H and O–H groups in total. The van der Waals surface area contributed by atoms with Crippen LogP contribution in [-0.4, -0.2) is 28.5 Å². The molecule has 0 fully saturated rings. The van der Waals surface area contributed by atoms with Crippen LogP contribution >= 0.6 is 11.3 Å². The van der Waals surface area contributed by atoms with Gasteiger partial charge in [0.15, 0.2) is 0 Å². The highest BCUT2D eigenvalue weighted by Crippen LogP contribution is 2.26. The first-order valence-corrected chi connectivity index (χ1v) is 10.4. The van der Waals surface area contributed by atoms with E-state index in [2.05, 4.69) is 10.5 Å². The molecule has 0 aliphatic heterocycles. The van der Waals surface area contributed by atoms with E-state index in [-0.39, 0.29) is 5.91 Å². The number of thiophene rings is 1. The Morgan fingerprint density at radius 1 is 1.13 bits per heavy atom. The van der Waals surface area contributed by atoms with Crippen LogP contribution in [0.15, 0.2) is 83.4 Å². The molecule has 7 heteroatoms. The molecule has 30 heavy (non-hydrogen) atoms. The van der Waals surface area contributed by atoms with Gasteiger partial charge in [0, 0.05) is 17.3 Å². The Morgan fingerprint density at radius 2 is 1.93 bits per heavy atom. The molecule has 0 aliphatic carbocycles. The Kier molecular flexibility index (Phi) is 6.01. The maximum absolute atomic E-state index is 12.4. The van der Waals surface area contributed by atoms with Crippen molar-refractivity contribution < 1.29 is 9.53 Å². The number of aromatic nitrogens is 2. The molecule has 0 unspecified atom stereocenters. The molecule has 6 nitrogen and oxygen atoms in total. The lowest BCUT2D eigenvalue weighted by Crippen LogP contribution is -2.17. The van der Waals surface area contributed by atoms with E-state index in [1.807, 2.05) is 65.6 Å². The first-order valence-electron chi connectivity index (χ1n) is 9.50. The van der Waals surface area contributed by atoms with Gasteiger partial charge in [-0.3, -0.25) is 4.79 Å². The minimum atomic E-state index is -0.289. The molecule has 2 heterocycles. The minimum absolute atomic E-state index is 0.289. The normalized spacial score (nSPS) is 11.0. The zero-order chi connectivity index (χ0) is 20.8. The summed E-state index contributed by atoms with van der Waals surface area (Å²) in [6.07, 6.45) is 3.52. The van der Waals surface area contributed by atoms with Crippen LogP contribution in [0.2, 0.25) is 0 Å². The van der Waals surface area contributed by atoms with Gasteiger partial charge >= 0.3 is 0 Å². The zero-order valence-electron chi connectivity index (χ0n) is 16.4. The van der Waals surface area contributed by atoms with Crippen LogP contribution in [0.5, 0.6) is 5.75 Å². The smallest absolute Gasteiger partial charge is 0.271 e. The fourth-order valence-electron chi connectivity index (χ4n) is 2.89. The van der Waals surface area contributed by atoms with E-state index in [1.54, 1.807) is 41.8 Å². The van der Waals surface area contributed by atoms with E-state index in [4.69, 9.17) is 9.84 Å². The number of carbonyl (C=O) groups is 1. The molecule has 150 valence electrons. The van der Waals surface area contributed by atoms with E-state index in [0.29, 0.717) is 12.2 Å². The van der Waals surface area contributed by atoms with E-state index in [9.17, 15) is 4.79 Å². The number of nitrogens with zero attached hydrogens (tertiary/aromatic N) is 3. The molecule has 1 amide bonds. The molecule has 0 atom stereocenters. The Hall–Kier alpha value is -3.71. The molecular formula is C23H20N4O2S. The van der Waals surface area contributed by atoms with Gasteiger partial charge in [0.05, 0.1) is 23.4 Å². The third kappa shape index (κ3) is 4.47. The predicted molar refractivity (Wildman–Crippen MR) is 120 cm³/mol. The van der Waals surface area contributed by atoms with Crippen molar-refractivity contribution in [3.8, 4) is 22.0 Å². The number of hydrogen-bond donors (Lipinski definition) is 1. The minimum Gasteiger partial charge on any atom is -0.494 e. The number of hydrogen-bond acceptors (Lipinski definition) is 5. The van der Waals surface area contributed by atoms with Crippen LogP contribution in [0, 0.1) is 0 Å². The van der Waals surface area contributed by atoms with Crippen molar-refractivity contribution in [2.75, 3.05) is 6.61 Å². The molecule has 0 saturated carbocycles. The van der Waals surface area contributed by atoms with Crippen molar-refractivity contribution in [1.29, 1.82) is 0 Å². The lowest BCUT2D eigenvalue weighted by Gasteiger charge is -2.03. The van der Waals surface area contributed by atoms with Gasteiger partial charge in [-0.1, -0.05) is 24.3 Å². The molecule has 0 spiro atoms. The summed E-state index contributed by atoms with van der Waals surface area (Å²) in [5, 5.41) is 10.9. The standard InChI is InChI=1S/C23H20N4O2S/c1-2-29-20-12-10-17(11-13-20)23(28)25-24-15-18-16-27(19-7-4-3-5-8-19)26-22(18)21-9-6-14-30-21/h3-16H,2H2,1H3,(H,25,28)/b24-15-. The fraction of sp³-hybridized carbons (Fsp3) is 0.0870. The summed E-state index contributed by atoms with van der Waals surface area (Å²) >= 11 is 1.60. The lowest BCUT2D eigenvalue weighted by atomic mass is 10.2. The van der Waals surface area contributed by atoms with E-state index in [1.165, 1.54) is 0 Å². The fourth-order valence-corrected chi connectivity index (χ4v) is 3.62. The van der Waals surface area contributed by atoms with E-state index >= 15 is 0 Å². The van der Waals surface area contributed by atoms with Gasteiger partial charge in [0.1, 0.15) is 11.4 Å². The van der Waals surface area contributed by atoms with Crippen LogP contribution in [0.1, 0.15) is 22.8 Å². The number of amides is 1. The molecular weight excluding hydrogens is 396 g/mol. The molecule has 4 rings (SSSR count). The molecule has 2 aromatic heterocycles. The Morgan fingerprint density at radius 3 is 2.63 bits per heavy atom. The summed E-state index contributed by atoms with van der Waals surface area (Å²) in [5.41, 5.74) is 5.66. The molecule has 4 aromatic rings. The number of hydrazone groups is 1. The number of benzene rings is 2. The first-order chi connectivity index (χ1) is 14.7. The Balaban J connectivity index is 1.53. The molecule has 0 radical (unpaired) electrons. The highest BCUT2D eigenvalue weighted by Gasteiger charge is 2.12. The second-order valence-electron chi connectivity index (χ2n) is 6.35. The molecule has 0 bridgehead atoms. The maximum Gasteiger partial charge on any atom is 0.271 e. The van der Waals surface area contributed by atoms with Crippen LogP contribution in [0.4, 0.5) is 0 Å². The summed E-state index contributed by atoms with van der Waals surface area (Å²) in [6.45, 7) is 2.50. The third-order valence-corrected chi connectivity index (χ3v) is 5.19. The number of rotatable bonds is 7. The van der Waals surface area contributed by atoms with Crippen LogP contribution < -0.4 is 10.2 Å². The summed E-state index contributed by atoms with van der Waals surface area (Å²) < 4.78 is 7.21. The Bertz CT molecular complexity index is 1130. The van der Waals surface area contributed by atoms with Crippen molar-refractivity contribution in [3.63, 3.8) is 0 Å². The van der Waals surface area contributed by atoms with Crippen LogP contribution in [0.25, 0.3) is 16.3 Å². The van der Waals surface area contributed by atoms with Gasteiger partial charge in [0.25, 0.3) is 5.91 Å². The van der Waals surface area contributed by atoms with Gasteiger partial charge in [-0.15, -0.1) is 11.3 Å². The Labute approximate surface area is 178 Å². The second-order valence-corrected chi connectivity index (χ2v) is 7.29. The van der Waals surface area contributed by atoms with E-state index in [0.717, 1.165) is 27.6 Å². The third-order valence-electron chi connectivity index (χ3n) is 4.32. The van der Waals surface area contributed by atoms with Gasteiger partial charge in [-0.25, -0.2) is 10.1 Å². The highest BCUT2D eigenvalue weighted by atomic mass is 32.1. The summed E-state index contributed by atoms with van der Waals surface area (Å²) in [6, 6.07) is 20.8. The summed E-state index contributed by atoms with van der Waals surface area (Å²) in [7, 11) is 0. The van der Waals surface area contributed by atoms with Crippen molar-refractivity contribution >= 4 is 23.5 Å². The summed E-state index contributed by atoms with van der Waals surface area (Å²) in [4.78, 5) is 13.4. The van der Waals surface area contributed by atoms with Gasteiger partial charge < -0.3 is 4.74 Å².